The summed E-state index contributed by atoms with van der Waals surface area (Å²) in [6.07, 6.45) is 0. The molecule has 0 N–H and O–H groups in total. The maximum atomic E-state index is 0. The summed E-state index contributed by atoms with van der Waals surface area (Å²) in [6, 6.07) is 0. The van der Waals surface area contributed by atoms with Crippen LogP contribution in [0.4, 0.5) is 0 Å². The summed E-state index contributed by atoms with van der Waals surface area (Å²) in [4.78, 5) is 0. The van der Waals surface area contributed by atoms with Gasteiger partial charge in [0.25, 0.3) is 0 Å². The molecule has 3 heteroatoms. The first-order valence-electron chi connectivity index (χ1n) is 0. The summed E-state index contributed by atoms with van der Waals surface area (Å²) in [7, 11) is 0. The molecule has 0 aliphatic rings. The van der Waals surface area contributed by atoms with E-state index in [1.54, 1.807) is 0 Å². The SMILES string of the molecule is [C].[O].[Si].[Zr]. The molecule has 0 rings (SSSR count). The Hall–Kier alpha value is 1.06. The largest absolute Gasteiger partial charge is 0 e. The van der Waals surface area contributed by atoms with Gasteiger partial charge >= 0.3 is 0 Å². The van der Waals surface area contributed by atoms with E-state index in [1.165, 1.54) is 0 Å². The third-order valence-electron chi connectivity index (χ3n) is 0. The van der Waals surface area contributed by atoms with Crippen LogP contribution >= 0.6 is 0 Å². The third kappa shape index (κ3) is 11.6. The third-order valence-corrected chi connectivity index (χ3v) is 0. The van der Waals surface area contributed by atoms with Gasteiger partial charge in [-0.15, -0.1) is 0 Å². The molecule has 0 fully saturated rings. The van der Waals surface area contributed by atoms with Crippen LogP contribution in [0, 0.1) is 7.43 Å². The monoisotopic (exact) mass is 146 g/mol. The Bertz CT molecular complexity index is 8.00. The zero-order valence-electron chi connectivity index (χ0n) is 1.91. The molecule has 0 heterocycles. The van der Waals surface area contributed by atoms with Crippen molar-refractivity contribution < 1.29 is 31.7 Å². The summed E-state index contributed by atoms with van der Waals surface area (Å²) in [5.41, 5.74) is 0. The van der Waals surface area contributed by atoms with Crippen molar-refractivity contribution in [2.45, 2.75) is 0 Å². The predicted molar refractivity (Wildman–Crippen MR) is 9.68 cm³/mol. The molecule has 10 radical (unpaired) electrons. The van der Waals surface area contributed by atoms with E-state index in [0.717, 1.165) is 0 Å². The van der Waals surface area contributed by atoms with Crippen LogP contribution in [-0.2, 0) is 31.7 Å². The van der Waals surface area contributed by atoms with Crippen molar-refractivity contribution >= 4 is 11.0 Å². The van der Waals surface area contributed by atoms with Crippen LogP contribution in [0.3, 0.4) is 0 Å². The van der Waals surface area contributed by atoms with Crippen LogP contribution in [0.5, 0.6) is 0 Å². The summed E-state index contributed by atoms with van der Waals surface area (Å²) in [5.74, 6) is 0. The summed E-state index contributed by atoms with van der Waals surface area (Å²) in [6.45, 7) is 0. The number of hydrogen-bond donors (Lipinski definition) is 0. The normalized spacial score (nSPS) is 0. The van der Waals surface area contributed by atoms with E-state index in [-0.39, 0.29) is 50.1 Å². The van der Waals surface area contributed by atoms with E-state index in [0.29, 0.717) is 0 Å². The number of rotatable bonds is 0. The second-order valence-corrected chi connectivity index (χ2v) is 0. The average Bonchev–Trinajstić information content (AvgIpc) is 0. The fourth-order valence-electron chi connectivity index (χ4n) is 0. The van der Waals surface area contributed by atoms with Crippen LogP contribution < -0.4 is 0 Å². The van der Waals surface area contributed by atoms with Crippen molar-refractivity contribution in [2.75, 3.05) is 0 Å². The van der Waals surface area contributed by atoms with E-state index >= 15 is 0 Å². The second-order valence-electron chi connectivity index (χ2n) is 0. The molecule has 0 saturated heterocycles. The van der Waals surface area contributed by atoms with Crippen LogP contribution in [0.15, 0.2) is 0 Å². The van der Waals surface area contributed by atoms with Gasteiger partial charge in [0, 0.05) is 50.1 Å². The van der Waals surface area contributed by atoms with Crippen LogP contribution in [0.25, 0.3) is 0 Å². The van der Waals surface area contributed by atoms with Gasteiger partial charge < -0.3 is 0 Å². The molecule has 0 aliphatic heterocycles. The zero-order chi connectivity index (χ0) is 0. The number of hydrogen-bond acceptors (Lipinski definition) is 0. The van der Waals surface area contributed by atoms with Crippen molar-refractivity contribution in [3.8, 4) is 0 Å². The van der Waals surface area contributed by atoms with Crippen LogP contribution in [-0.4, -0.2) is 11.0 Å². The van der Waals surface area contributed by atoms with Crippen LogP contribution in [0.2, 0.25) is 0 Å². The molecule has 1 nitrogen and oxygen atoms in total. The van der Waals surface area contributed by atoms with E-state index in [4.69, 9.17) is 0 Å². The minimum Gasteiger partial charge on any atom is 0 e. The van der Waals surface area contributed by atoms with E-state index in [2.05, 4.69) is 0 Å². The van der Waals surface area contributed by atoms with Crippen molar-refractivity contribution in [3.05, 3.63) is 7.43 Å². The Morgan fingerprint density at radius 1 is 1.00 bits per heavy atom. The molecule has 0 aromatic carbocycles. The molecule has 4 heavy (non-hydrogen) atoms. The molecule has 0 aromatic heterocycles. The first-order chi connectivity index (χ1) is 0. The molecule has 0 aromatic rings. The maximum Gasteiger partial charge on any atom is 0 e. The Morgan fingerprint density at radius 2 is 1.00 bits per heavy atom. The quantitative estimate of drug-likeness (QED) is 0.416. The predicted octanol–water partition coefficient (Wildman–Crippen LogP) is -0.421. The van der Waals surface area contributed by atoms with Crippen molar-refractivity contribution in [1.82, 2.24) is 0 Å². The molecule has 0 amide bonds. The minimum atomic E-state index is 0. The smallest absolute Gasteiger partial charge is 0 e. The Morgan fingerprint density at radius 3 is 1.00 bits per heavy atom. The van der Waals surface area contributed by atoms with Gasteiger partial charge in [0.15, 0.2) is 0 Å². The summed E-state index contributed by atoms with van der Waals surface area (Å²) < 4.78 is 0. The zero-order valence-corrected chi connectivity index (χ0v) is 5.37. The molecule has 0 spiro atoms. The Labute approximate surface area is 50.2 Å². The second kappa shape index (κ2) is 33.8. The van der Waals surface area contributed by atoms with Gasteiger partial charge in [0.1, 0.15) is 0 Å². The first-order valence-corrected chi connectivity index (χ1v) is 0. The first kappa shape index (κ1) is 74.2. The van der Waals surface area contributed by atoms with Gasteiger partial charge in [-0.05, 0) is 0 Å². The van der Waals surface area contributed by atoms with E-state index in [1.807, 2.05) is 0 Å². The van der Waals surface area contributed by atoms with Gasteiger partial charge in [-0.25, -0.2) is 0 Å². The minimum absolute atomic E-state index is 0. The van der Waals surface area contributed by atoms with Gasteiger partial charge in [-0.2, -0.15) is 0 Å². The Balaban J connectivity index is 0. The van der Waals surface area contributed by atoms with Gasteiger partial charge in [-0.3, -0.25) is 0 Å². The molecule has 0 saturated carbocycles. The molecule has 0 unspecified atom stereocenters. The molecular formula is COSiZr. The van der Waals surface area contributed by atoms with Crippen LogP contribution in [0.1, 0.15) is 0 Å². The fourth-order valence-corrected chi connectivity index (χ4v) is 0. The summed E-state index contributed by atoms with van der Waals surface area (Å²) in [5, 5.41) is 0. The topological polar surface area (TPSA) is 28.5 Å². The Kier molecular flexibility index (Phi) is 628. The molecule has 0 aliphatic carbocycles. The summed E-state index contributed by atoms with van der Waals surface area (Å²) >= 11 is 0. The molecule has 0 bridgehead atoms. The van der Waals surface area contributed by atoms with Crippen molar-refractivity contribution in [1.29, 1.82) is 0 Å². The van der Waals surface area contributed by atoms with Gasteiger partial charge in [0.2, 0.25) is 0 Å². The van der Waals surface area contributed by atoms with Gasteiger partial charge in [0.05, 0.1) is 0 Å². The average molecular weight is 147 g/mol. The van der Waals surface area contributed by atoms with Crippen molar-refractivity contribution in [2.24, 2.45) is 0 Å². The molecular weight excluding hydrogens is 147 g/mol. The van der Waals surface area contributed by atoms with E-state index in [9.17, 15) is 0 Å². The maximum absolute atomic E-state index is 0. The van der Waals surface area contributed by atoms with E-state index < -0.39 is 0 Å². The van der Waals surface area contributed by atoms with Gasteiger partial charge in [-0.1, -0.05) is 0 Å². The fraction of sp³-hybridized carbons (Fsp3) is 0. The van der Waals surface area contributed by atoms with Crippen molar-refractivity contribution in [3.63, 3.8) is 0 Å². The molecule has 0 atom stereocenters. The standard InChI is InChI=1S/C.O.Si.Zr. The molecule has 18 valence electrons.